The first-order chi connectivity index (χ1) is 9.69. The third kappa shape index (κ3) is 2.84. The van der Waals surface area contributed by atoms with E-state index >= 15 is 0 Å². The second kappa shape index (κ2) is 6.55. The molecule has 108 valence electrons. The molecule has 4 nitrogen and oxygen atoms in total. The van der Waals surface area contributed by atoms with Gasteiger partial charge in [0.15, 0.2) is 0 Å². The van der Waals surface area contributed by atoms with Crippen LogP contribution in [-0.2, 0) is 19.1 Å². The molecule has 4 heteroatoms. The minimum absolute atomic E-state index is 0.0681. The van der Waals surface area contributed by atoms with E-state index in [-0.39, 0.29) is 37.0 Å². The lowest BCUT2D eigenvalue weighted by Crippen LogP contribution is -2.46. The highest BCUT2D eigenvalue weighted by Gasteiger charge is 2.49. The lowest BCUT2D eigenvalue weighted by molar-refractivity contribution is -0.166. The summed E-state index contributed by atoms with van der Waals surface area (Å²) in [5.74, 6) is -1.39. The van der Waals surface area contributed by atoms with Crippen LogP contribution in [0.15, 0.2) is 37.5 Å². The number of hydrogen-bond acceptors (Lipinski definition) is 4. The number of carbonyl (C=O) groups excluding carboxylic acids is 2. The van der Waals surface area contributed by atoms with Gasteiger partial charge in [0.05, 0.1) is 11.8 Å². The van der Waals surface area contributed by atoms with E-state index in [4.69, 9.17) is 9.47 Å². The molecule has 0 aromatic rings. The molecule has 0 aromatic heterocycles. The number of rotatable bonds is 6. The van der Waals surface area contributed by atoms with Gasteiger partial charge in [-0.1, -0.05) is 37.5 Å². The largest absolute Gasteiger partial charge is 0.461 e. The van der Waals surface area contributed by atoms with Crippen molar-refractivity contribution >= 4 is 11.9 Å². The van der Waals surface area contributed by atoms with Crippen molar-refractivity contribution in [1.82, 2.24) is 0 Å². The Bertz CT molecular complexity index is 398. The second-order valence-electron chi connectivity index (χ2n) is 5.18. The van der Waals surface area contributed by atoms with Crippen LogP contribution < -0.4 is 0 Å². The molecule has 0 aliphatic heterocycles. The van der Waals surface area contributed by atoms with E-state index in [1.165, 1.54) is 12.2 Å². The van der Waals surface area contributed by atoms with Gasteiger partial charge in [-0.3, -0.25) is 9.59 Å². The number of ether oxygens (including phenoxy) is 2. The van der Waals surface area contributed by atoms with Gasteiger partial charge in [-0.15, -0.1) is 0 Å². The number of hydrogen-bond donors (Lipinski definition) is 0. The monoisotopic (exact) mass is 276 g/mol. The van der Waals surface area contributed by atoms with Crippen molar-refractivity contribution in [2.45, 2.75) is 12.8 Å². The number of fused-ring (bicyclic) bond motifs is 2. The Morgan fingerprint density at radius 3 is 1.65 bits per heavy atom. The average molecular weight is 276 g/mol. The Morgan fingerprint density at radius 2 is 1.35 bits per heavy atom. The van der Waals surface area contributed by atoms with Gasteiger partial charge in [0.1, 0.15) is 13.2 Å². The van der Waals surface area contributed by atoms with Crippen molar-refractivity contribution in [1.29, 1.82) is 0 Å². The average Bonchev–Trinajstić information content (AvgIpc) is 2.50. The second-order valence-corrected chi connectivity index (χ2v) is 5.18. The summed E-state index contributed by atoms with van der Waals surface area (Å²) in [6.45, 7) is 7.40. The molecule has 0 N–H and O–H groups in total. The molecule has 0 heterocycles. The summed E-state index contributed by atoms with van der Waals surface area (Å²) in [5, 5.41) is 0. The Hall–Kier alpha value is -1.84. The highest BCUT2D eigenvalue weighted by atomic mass is 16.5. The minimum atomic E-state index is -0.434. The fraction of sp³-hybridized carbons (Fsp3) is 0.500. The quantitative estimate of drug-likeness (QED) is 0.551. The summed E-state index contributed by atoms with van der Waals surface area (Å²) >= 11 is 0. The minimum Gasteiger partial charge on any atom is -0.461 e. The molecule has 3 rings (SSSR count). The zero-order valence-electron chi connectivity index (χ0n) is 11.5. The van der Waals surface area contributed by atoms with Crippen molar-refractivity contribution in [3.05, 3.63) is 37.5 Å². The van der Waals surface area contributed by atoms with Crippen LogP contribution in [0.3, 0.4) is 0 Å². The zero-order valence-corrected chi connectivity index (χ0v) is 11.5. The van der Waals surface area contributed by atoms with E-state index in [1.54, 1.807) is 0 Å². The molecule has 3 aliphatic rings. The van der Waals surface area contributed by atoms with Crippen molar-refractivity contribution < 1.29 is 19.1 Å². The van der Waals surface area contributed by atoms with Crippen LogP contribution >= 0.6 is 0 Å². The van der Waals surface area contributed by atoms with E-state index in [1.807, 2.05) is 12.2 Å². The molecule has 4 atom stereocenters. The molecule has 0 radical (unpaired) electrons. The van der Waals surface area contributed by atoms with Crippen molar-refractivity contribution in [2.75, 3.05) is 13.2 Å². The summed E-state index contributed by atoms with van der Waals surface area (Å²) in [7, 11) is 0. The van der Waals surface area contributed by atoms with Crippen LogP contribution in [0.2, 0.25) is 0 Å². The SMILES string of the molecule is C=CCOC(=O)C1C2C=CC(CC2)C1C(=O)OCC=C. The molecule has 1 saturated carbocycles. The van der Waals surface area contributed by atoms with Gasteiger partial charge in [0.2, 0.25) is 0 Å². The summed E-state index contributed by atoms with van der Waals surface area (Å²) in [5.41, 5.74) is 0. The van der Waals surface area contributed by atoms with Crippen LogP contribution in [0.5, 0.6) is 0 Å². The summed E-state index contributed by atoms with van der Waals surface area (Å²) in [4.78, 5) is 24.4. The van der Waals surface area contributed by atoms with Crippen LogP contribution in [-0.4, -0.2) is 25.2 Å². The third-order valence-corrected chi connectivity index (χ3v) is 3.98. The third-order valence-electron chi connectivity index (χ3n) is 3.98. The number of esters is 2. The highest BCUT2D eigenvalue weighted by molar-refractivity contribution is 5.84. The summed E-state index contributed by atoms with van der Waals surface area (Å²) in [6, 6.07) is 0. The van der Waals surface area contributed by atoms with Gasteiger partial charge in [0, 0.05) is 0 Å². The molecular weight excluding hydrogens is 256 g/mol. The molecule has 0 spiro atoms. The lowest BCUT2D eigenvalue weighted by atomic mass is 9.62. The molecule has 1 fully saturated rings. The van der Waals surface area contributed by atoms with E-state index in [0.29, 0.717) is 0 Å². The molecule has 0 aromatic carbocycles. The van der Waals surface area contributed by atoms with Gasteiger partial charge in [0.25, 0.3) is 0 Å². The van der Waals surface area contributed by atoms with Gasteiger partial charge < -0.3 is 9.47 Å². The topological polar surface area (TPSA) is 52.6 Å². The maximum atomic E-state index is 12.2. The van der Waals surface area contributed by atoms with Crippen molar-refractivity contribution in [2.24, 2.45) is 23.7 Å². The molecule has 4 unspecified atom stereocenters. The van der Waals surface area contributed by atoms with E-state index in [9.17, 15) is 9.59 Å². The summed E-state index contributed by atoms with van der Waals surface area (Å²) in [6.07, 6.45) is 8.96. The Balaban J connectivity index is 2.14. The van der Waals surface area contributed by atoms with Gasteiger partial charge >= 0.3 is 11.9 Å². The maximum absolute atomic E-state index is 12.2. The lowest BCUT2D eigenvalue weighted by Gasteiger charge is -2.41. The summed E-state index contributed by atoms with van der Waals surface area (Å²) < 4.78 is 10.3. The predicted molar refractivity (Wildman–Crippen MR) is 74.6 cm³/mol. The van der Waals surface area contributed by atoms with Gasteiger partial charge in [-0.2, -0.15) is 0 Å². The number of allylic oxidation sites excluding steroid dienone is 2. The smallest absolute Gasteiger partial charge is 0.310 e. The molecule has 20 heavy (non-hydrogen) atoms. The van der Waals surface area contributed by atoms with Crippen molar-refractivity contribution in [3.63, 3.8) is 0 Å². The van der Waals surface area contributed by atoms with E-state index in [2.05, 4.69) is 13.2 Å². The normalized spacial score (nSPS) is 30.6. The Labute approximate surface area is 119 Å². The highest BCUT2D eigenvalue weighted by Crippen LogP contribution is 2.45. The van der Waals surface area contributed by atoms with Gasteiger partial charge in [-0.25, -0.2) is 0 Å². The molecule has 2 bridgehead atoms. The fourth-order valence-electron chi connectivity index (χ4n) is 3.11. The van der Waals surface area contributed by atoms with E-state index < -0.39 is 11.8 Å². The van der Waals surface area contributed by atoms with E-state index in [0.717, 1.165) is 12.8 Å². The fourth-order valence-corrected chi connectivity index (χ4v) is 3.11. The standard InChI is InChI=1S/C16H20O4/c1-3-9-19-15(17)13-11-5-7-12(8-6-11)14(13)16(18)20-10-4-2/h3-5,7,11-14H,1-2,6,8-10H2. The number of carbonyl (C=O) groups is 2. The van der Waals surface area contributed by atoms with Crippen LogP contribution in [0, 0.1) is 23.7 Å². The first-order valence-corrected chi connectivity index (χ1v) is 6.92. The Kier molecular flexibility index (Phi) is 4.77. The van der Waals surface area contributed by atoms with Gasteiger partial charge in [-0.05, 0) is 24.7 Å². The predicted octanol–water partition coefficient (Wildman–Crippen LogP) is 2.27. The maximum Gasteiger partial charge on any atom is 0.310 e. The van der Waals surface area contributed by atoms with Crippen LogP contribution in [0.25, 0.3) is 0 Å². The van der Waals surface area contributed by atoms with Crippen LogP contribution in [0.4, 0.5) is 0 Å². The Morgan fingerprint density at radius 1 is 0.950 bits per heavy atom. The zero-order chi connectivity index (χ0) is 14.5. The van der Waals surface area contributed by atoms with Crippen LogP contribution in [0.1, 0.15) is 12.8 Å². The van der Waals surface area contributed by atoms with Crippen molar-refractivity contribution in [3.8, 4) is 0 Å². The molecule has 0 saturated heterocycles. The molecule has 0 amide bonds. The molecule has 3 aliphatic carbocycles. The first-order valence-electron chi connectivity index (χ1n) is 6.92. The molecular formula is C16H20O4. The first kappa shape index (κ1) is 14.6.